The lowest BCUT2D eigenvalue weighted by Gasteiger charge is -2.23. The molecule has 0 spiro atoms. The van der Waals surface area contributed by atoms with E-state index in [9.17, 15) is 5.11 Å². The largest absolute Gasteiger partial charge is 0.508 e. The van der Waals surface area contributed by atoms with E-state index in [2.05, 4.69) is 21.5 Å². The van der Waals surface area contributed by atoms with E-state index in [1.54, 1.807) is 12.1 Å². The molecule has 3 heterocycles. The first kappa shape index (κ1) is 13.3. The van der Waals surface area contributed by atoms with Crippen LogP contribution < -0.4 is 5.32 Å². The lowest BCUT2D eigenvalue weighted by molar-refractivity contribution is 0.448. The van der Waals surface area contributed by atoms with Gasteiger partial charge in [-0.25, -0.2) is 9.50 Å². The van der Waals surface area contributed by atoms with E-state index in [1.165, 1.54) is 18.5 Å². The fraction of sp³-hybridized carbons (Fsp3) is 0.294. The summed E-state index contributed by atoms with van der Waals surface area (Å²) >= 11 is 0. The molecular formula is C17H18N4O. The van der Waals surface area contributed by atoms with Crippen LogP contribution >= 0.6 is 0 Å². The number of nitrogens with zero attached hydrogens (tertiary/aromatic N) is 3. The number of aromatic nitrogens is 3. The quantitative estimate of drug-likeness (QED) is 0.762. The molecule has 0 saturated carbocycles. The van der Waals surface area contributed by atoms with E-state index < -0.39 is 0 Å². The second kappa shape index (κ2) is 5.42. The molecule has 2 aromatic heterocycles. The zero-order valence-corrected chi connectivity index (χ0v) is 12.2. The molecule has 1 unspecified atom stereocenters. The van der Waals surface area contributed by atoms with Crippen molar-refractivity contribution in [2.75, 3.05) is 13.1 Å². The number of phenols is 1. The Morgan fingerprint density at radius 2 is 2.23 bits per heavy atom. The first-order valence-corrected chi connectivity index (χ1v) is 7.66. The predicted molar refractivity (Wildman–Crippen MR) is 84.9 cm³/mol. The average molecular weight is 294 g/mol. The number of hydrogen-bond donors (Lipinski definition) is 2. The Balaban J connectivity index is 1.83. The summed E-state index contributed by atoms with van der Waals surface area (Å²) in [6, 6.07) is 9.27. The van der Waals surface area contributed by atoms with E-state index in [4.69, 9.17) is 0 Å². The second-order valence-corrected chi connectivity index (χ2v) is 5.76. The van der Waals surface area contributed by atoms with Crippen molar-refractivity contribution in [2.24, 2.45) is 0 Å². The molecule has 3 aromatic rings. The third-order valence-corrected chi connectivity index (χ3v) is 4.30. The van der Waals surface area contributed by atoms with Crippen molar-refractivity contribution in [1.82, 2.24) is 19.9 Å². The minimum Gasteiger partial charge on any atom is -0.508 e. The van der Waals surface area contributed by atoms with Crippen LogP contribution in [-0.4, -0.2) is 32.8 Å². The minimum atomic E-state index is 0.254. The number of rotatable bonds is 2. The third-order valence-electron chi connectivity index (χ3n) is 4.30. The van der Waals surface area contributed by atoms with Crippen LogP contribution in [0, 0.1) is 0 Å². The number of aromatic hydroxyl groups is 1. The van der Waals surface area contributed by atoms with Gasteiger partial charge in [0.1, 0.15) is 5.75 Å². The molecule has 0 aliphatic carbocycles. The van der Waals surface area contributed by atoms with Crippen molar-refractivity contribution >= 4 is 5.65 Å². The molecule has 1 aromatic carbocycles. The van der Waals surface area contributed by atoms with E-state index in [0.717, 1.165) is 29.9 Å². The molecule has 1 atom stereocenters. The Labute approximate surface area is 128 Å². The molecule has 5 nitrogen and oxygen atoms in total. The summed E-state index contributed by atoms with van der Waals surface area (Å²) < 4.78 is 1.94. The van der Waals surface area contributed by atoms with Crippen molar-refractivity contribution in [3.05, 3.63) is 48.4 Å². The van der Waals surface area contributed by atoms with Crippen LogP contribution in [0.25, 0.3) is 16.8 Å². The zero-order chi connectivity index (χ0) is 14.9. The highest BCUT2D eigenvalue weighted by atomic mass is 16.3. The molecular weight excluding hydrogens is 276 g/mol. The number of phenolic OH excluding ortho intramolecular Hbond substituents is 1. The highest BCUT2D eigenvalue weighted by Gasteiger charge is 2.20. The van der Waals surface area contributed by atoms with Gasteiger partial charge in [-0.2, -0.15) is 5.10 Å². The summed E-state index contributed by atoms with van der Waals surface area (Å²) in [6.07, 6.45) is 6.05. The third kappa shape index (κ3) is 2.23. The molecule has 112 valence electrons. The fourth-order valence-corrected chi connectivity index (χ4v) is 3.20. The number of hydrogen-bond acceptors (Lipinski definition) is 4. The van der Waals surface area contributed by atoms with E-state index in [1.807, 2.05) is 29.0 Å². The normalized spacial score (nSPS) is 18.6. The average Bonchev–Trinajstić information content (AvgIpc) is 3.00. The molecule has 0 radical (unpaired) electrons. The fourth-order valence-electron chi connectivity index (χ4n) is 3.20. The lowest BCUT2D eigenvalue weighted by atomic mass is 9.96. The first-order chi connectivity index (χ1) is 10.8. The van der Waals surface area contributed by atoms with Crippen molar-refractivity contribution in [3.63, 3.8) is 0 Å². The van der Waals surface area contributed by atoms with Gasteiger partial charge in [0, 0.05) is 24.2 Å². The van der Waals surface area contributed by atoms with Gasteiger partial charge in [-0.1, -0.05) is 12.1 Å². The molecule has 1 saturated heterocycles. The molecule has 5 heteroatoms. The smallest absolute Gasteiger partial charge is 0.163 e. The van der Waals surface area contributed by atoms with E-state index >= 15 is 0 Å². The second-order valence-electron chi connectivity index (χ2n) is 5.76. The van der Waals surface area contributed by atoms with Crippen LogP contribution in [0.2, 0.25) is 0 Å². The van der Waals surface area contributed by atoms with Gasteiger partial charge < -0.3 is 10.4 Å². The SMILES string of the molecule is Oc1cccc(-c2cnn3c(C4CCCNC4)ccnc23)c1. The number of benzene rings is 1. The lowest BCUT2D eigenvalue weighted by Crippen LogP contribution is -2.29. The Hall–Kier alpha value is -2.40. The van der Waals surface area contributed by atoms with Crippen molar-refractivity contribution in [3.8, 4) is 16.9 Å². The topological polar surface area (TPSA) is 62.5 Å². The summed E-state index contributed by atoms with van der Waals surface area (Å²) in [7, 11) is 0. The maximum atomic E-state index is 9.69. The molecule has 22 heavy (non-hydrogen) atoms. The van der Waals surface area contributed by atoms with Crippen LogP contribution in [0.5, 0.6) is 5.75 Å². The zero-order valence-electron chi connectivity index (χ0n) is 12.2. The summed E-state index contributed by atoms with van der Waals surface area (Å²) in [5.41, 5.74) is 3.92. The van der Waals surface area contributed by atoms with Crippen LogP contribution in [-0.2, 0) is 0 Å². The van der Waals surface area contributed by atoms with Crippen LogP contribution in [0.4, 0.5) is 0 Å². The summed E-state index contributed by atoms with van der Waals surface area (Å²) in [5.74, 6) is 0.723. The molecule has 2 N–H and O–H groups in total. The van der Waals surface area contributed by atoms with Crippen molar-refractivity contribution in [1.29, 1.82) is 0 Å². The van der Waals surface area contributed by atoms with E-state index in [-0.39, 0.29) is 5.75 Å². The Kier molecular flexibility index (Phi) is 3.27. The van der Waals surface area contributed by atoms with Gasteiger partial charge in [0.25, 0.3) is 0 Å². The van der Waals surface area contributed by atoms with Gasteiger partial charge in [-0.15, -0.1) is 0 Å². The van der Waals surface area contributed by atoms with Gasteiger partial charge in [-0.3, -0.25) is 0 Å². The van der Waals surface area contributed by atoms with E-state index in [0.29, 0.717) is 5.92 Å². The van der Waals surface area contributed by atoms with Crippen molar-refractivity contribution in [2.45, 2.75) is 18.8 Å². The Morgan fingerprint density at radius 3 is 3.05 bits per heavy atom. The molecule has 4 rings (SSSR count). The maximum Gasteiger partial charge on any atom is 0.163 e. The monoisotopic (exact) mass is 294 g/mol. The van der Waals surface area contributed by atoms with Gasteiger partial charge >= 0.3 is 0 Å². The Morgan fingerprint density at radius 1 is 1.27 bits per heavy atom. The number of piperidine rings is 1. The highest BCUT2D eigenvalue weighted by Crippen LogP contribution is 2.29. The summed E-state index contributed by atoms with van der Waals surface area (Å²) in [5, 5.41) is 17.7. The molecule has 0 bridgehead atoms. The minimum absolute atomic E-state index is 0.254. The molecule has 1 aliphatic heterocycles. The van der Waals surface area contributed by atoms with Crippen LogP contribution in [0.3, 0.4) is 0 Å². The summed E-state index contributed by atoms with van der Waals surface area (Å²) in [4.78, 5) is 4.50. The van der Waals surface area contributed by atoms with Gasteiger partial charge in [-0.05, 0) is 43.1 Å². The highest BCUT2D eigenvalue weighted by molar-refractivity contribution is 5.77. The number of fused-ring (bicyclic) bond motifs is 1. The van der Waals surface area contributed by atoms with Crippen LogP contribution in [0.1, 0.15) is 24.5 Å². The van der Waals surface area contributed by atoms with Crippen molar-refractivity contribution < 1.29 is 5.11 Å². The maximum absolute atomic E-state index is 9.69. The molecule has 1 fully saturated rings. The van der Waals surface area contributed by atoms with Crippen LogP contribution in [0.15, 0.2) is 42.7 Å². The Bertz CT molecular complexity index is 805. The van der Waals surface area contributed by atoms with Gasteiger partial charge in [0.05, 0.1) is 11.9 Å². The number of nitrogens with one attached hydrogen (secondary N) is 1. The first-order valence-electron chi connectivity index (χ1n) is 7.66. The summed E-state index contributed by atoms with van der Waals surface area (Å²) in [6.45, 7) is 2.08. The molecule has 1 aliphatic rings. The molecule has 0 amide bonds. The van der Waals surface area contributed by atoms with Gasteiger partial charge in [0.2, 0.25) is 0 Å². The standard InChI is InChI=1S/C17H18N4O/c22-14-5-1-3-12(9-14)15-11-20-21-16(6-8-19-17(15)21)13-4-2-7-18-10-13/h1,3,5-6,8-9,11,13,18,22H,2,4,7,10H2. The predicted octanol–water partition coefficient (Wildman–Crippen LogP) is 2.57. The van der Waals surface area contributed by atoms with Gasteiger partial charge in [0.15, 0.2) is 5.65 Å².